The summed E-state index contributed by atoms with van der Waals surface area (Å²) in [7, 11) is 1.42. The number of hydrogen-bond acceptors (Lipinski definition) is 3. The van der Waals surface area contributed by atoms with Gasteiger partial charge in [-0.1, -0.05) is 6.42 Å². The van der Waals surface area contributed by atoms with E-state index in [9.17, 15) is 4.79 Å². The predicted molar refractivity (Wildman–Crippen MR) is 57.8 cm³/mol. The maximum atomic E-state index is 11.1. The molecule has 15 heavy (non-hydrogen) atoms. The van der Waals surface area contributed by atoms with Crippen molar-refractivity contribution >= 4 is 6.09 Å². The first-order valence-electron chi connectivity index (χ1n) is 5.88. The van der Waals surface area contributed by atoms with Crippen molar-refractivity contribution in [1.82, 2.24) is 10.2 Å². The smallest absolute Gasteiger partial charge is 0.407 e. The van der Waals surface area contributed by atoms with Crippen LogP contribution in [0.2, 0.25) is 0 Å². The minimum absolute atomic E-state index is 0.284. The van der Waals surface area contributed by atoms with Gasteiger partial charge in [-0.15, -0.1) is 0 Å². The summed E-state index contributed by atoms with van der Waals surface area (Å²) >= 11 is 0. The van der Waals surface area contributed by atoms with E-state index in [-0.39, 0.29) is 12.1 Å². The molecule has 0 aromatic carbocycles. The van der Waals surface area contributed by atoms with Crippen LogP contribution in [0.25, 0.3) is 0 Å². The van der Waals surface area contributed by atoms with E-state index in [1.807, 2.05) is 0 Å². The third-order valence-electron chi connectivity index (χ3n) is 3.55. The van der Waals surface area contributed by atoms with E-state index < -0.39 is 0 Å². The minimum Gasteiger partial charge on any atom is -0.453 e. The molecule has 0 radical (unpaired) electrons. The van der Waals surface area contributed by atoms with Gasteiger partial charge in [-0.05, 0) is 32.2 Å². The lowest BCUT2D eigenvalue weighted by Gasteiger charge is -2.42. The van der Waals surface area contributed by atoms with Gasteiger partial charge in [0.2, 0.25) is 0 Å². The normalized spacial score (nSPS) is 28.2. The summed E-state index contributed by atoms with van der Waals surface area (Å²) in [4.78, 5) is 13.6. The summed E-state index contributed by atoms with van der Waals surface area (Å²) in [5.41, 5.74) is 0. The van der Waals surface area contributed by atoms with Crippen molar-refractivity contribution < 1.29 is 9.53 Å². The standard InChI is InChI=1S/C11H20N2O2/c1-15-11(14)12-9-4-3-7-13(8-9)10-5-2-6-10/h9-10H,2-8H2,1H3,(H,12,14). The van der Waals surface area contributed by atoms with Crippen LogP contribution >= 0.6 is 0 Å². The third kappa shape index (κ3) is 2.62. The molecule has 0 bridgehead atoms. The summed E-state index contributed by atoms with van der Waals surface area (Å²) in [5.74, 6) is 0. The van der Waals surface area contributed by atoms with Crippen LogP contribution in [0.1, 0.15) is 32.1 Å². The lowest BCUT2D eigenvalue weighted by atomic mass is 9.89. The number of nitrogens with one attached hydrogen (secondary N) is 1. The van der Waals surface area contributed by atoms with Gasteiger partial charge in [0, 0.05) is 18.6 Å². The maximum Gasteiger partial charge on any atom is 0.407 e. The van der Waals surface area contributed by atoms with Crippen LogP contribution in [-0.2, 0) is 4.74 Å². The lowest BCUT2D eigenvalue weighted by Crippen LogP contribution is -2.52. The van der Waals surface area contributed by atoms with Crippen LogP contribution in [0.4, 0.5) is 4.79 Å². The number of alkyl carbamates (subject to hydrolysis) is 1. The number of rotatable bonds is 2. The average Bonchev–Trinajstić information content (AvgIpc) is 2.15. The first kappa shape index (κ1) is 10.7. The van der Waals surface area contributed by atoms with Gasteiger partial charge < -0.3 is 10.1 Å². The molecule has 1 unspecified atom stereocenters. The first-order chi connectivity index (χ1) is 7.29. The number of piperidine rings is 1. The molecule has 0 aromatic rings. The first-order valence-corrected chi connectivity index (χ1v) is 5.88. The fourth-order valence-corrected chi connectivity index (χ4v) is 2.43. The van der Waals surface area contributed by atoms with Crippen molar-refractivity contribution in [2.24, 2.45) is 0 Å². The van der Waals surface area contributed by atoms with Crippen molar-refractivity contribution in [2.45, 2.75) is 44.2 Å². The van der Waals surface area contributed by atoms with Crippen LogP contribution in [0.5, 0.6) is 0 Å². The summed E-state index contributed by atoms with van der Waals surface area (Å²) in [5, 5.41) is 2.90. The number of methoxy groups -OCH3 is 1. The second-order valence-electron chi connectivity index (χ2n) is 4.55. The second-order valence-corrected chi connectivity index (χ2v) is 4.55. The van der Waals surface area contributed by atoms with E-state index in [2.05, 4.69) is 15.0 Å². The molecule has 1 saturated heterocycles. The van der Waals surface area contributed by atoms with Gasteiger partial charge in [0.05, 0.1) is 7.11 Å². The zero-order valence-electron chi connectivity index (χ0n) is 9.37. The number of ether oxygens (including phenoxy) is 1. The zero-order chi connectivity index (χ0) is 10.7. The van der Waals surface area contributed by atoms with Crippen molar-refractivity contribution in [3.63, 3.8) is 0 Å². The fourth-order valence-electron chi connectivity index (χ4n) is 2.43. The summed E-state index contributed by atoms with van der Waals surface area (Å²) < 4.78 is 4.62. The van der Waals surface area contributed by atoms with Gasteiger partial charge in [0.25, 0.3) is 0 Å². The highest BCUT2D eigenvalue weighted by molar-refractivity contribution is 5.67. The molecule has 0 aromatic heterocycles. The van der Waals surface area contributed by atoms with Gasteiger partial charge in [0.15, 0.2) is 0 Å². The van der Waals surface area contributed by atoms with Gasteiger partial charge >= 0.3 is 6.09 Å². The van der Waals surface area contributed by atoms with E-state index in [0.29, 0.717) is 0 Å². The van der Waals surface area contributed by atoms with Crippen LogP contribution in [0.15, 0.2) is 0 Å². The van der Waals surface area contributed by atoms with Gasteiger partial charge in [-0.25, -0.2) is 4.79 Å². The molecule has 1 heterocycles. The van der Waals surface area contributed by atoms with Crippen molar-refractivity contribution in [3.05, 3.63) is 0 Å². The average molecular weight is 212 g/mol. The number of carbonyl (C=O) groups excluding carboxylic acids is 1. The molecule has 1 amide bonds. The number of nitrogens with zero attached hydrogens (tertiary/aromatic N) is 1. The molecule has 4 nitrogen and oxygen atoms in total. The summed E-state index contributed by atoms with van der Waals surface area (Å²) in [6.45, 7) is 2.20. The Morgan fingerprint density at radius 3 is 2.73 bits per heavy atom. The second kappa shape index (κ2) is 4.84. The number of likely N-dealkylation sites (tertiary alicyclic amines) is 1. The number of carbonyl (C=O) groups is 1. The Hall–Kier alpha value is -0.770. The largest absolute Gasteiger partial charge is 0.453 e. The molecule has 2 aliphatic rings. The van der Waals surface area contributed by atoms with E-state index in [0.717, 1.165) is 19.0 Å². The molecule has 2 rings (SSSR count). The lowest BCUT2D eigenvalue weighted by molar-refractivity contribution is 0.0845. The van der Waals surface area contributed by atoms with Gasteiger partial charge in [-0.2, -0.15) is 0 Å². The highest BCUT2D eigenvalue weighted by atomic mass is 16.5. The molecule has 86 valence electrons. The quantitative estimate of drug-likeness (QED) is 0.751. The molecule has 1 aliphatic carbocycles. The monoisotopic (exact) mass is 212 g/mol. The zero-order valence-corrected chi connectivity index (χ0v) is 9.37. The Balaban J connectivity index is 1.78. The van der Waals surface area contributed by atoms with Crippen LogP contribution < -0.4 is 5.32 Å². The van der Waals surface area contributed by atoms with Crippen LogP contribution in [-0.4, -0.2) is 43.3 Å². The Morgan fingerprint density at radius 2 is 2.13 bits per heavy atom. The van der Waals surface area contributed by atoms with E-state index in [1.165, 1.54) is 39.3 Å². The topological polar surface area (TPSA) is 41.6 Å². The van der Waals surface area contributed by atoms with E-state index >= 15 is 0 Å². The molecule has 1 saturated carbocycles. The Kier molecular flexibility index (Phi) is 3.46. The number of amides is 1. The van der Waals surface area contributed by atoms with Crippen LogP contribution in [0.3, 0.4) is 0 Å². The Bertz CT molecular complexity index is 229. The van der Waals surface area contributed by atoms with E-state index in [1.54, 1.807) is 0 Å². The molecule has 4 heteroatoms. The van der Waals surface area contributed by atoms with E-state index in [4.69, 9.17) is 0 Å². The van der Waals surface area contributed by atoms with Crippen molar-refractivity contribution in [1.29, 1.82) is 0 Å². The maximum absolute atomic E-state index is 11.1. The van der Waals surface area contributed by atoms with Gasteiger partial charge in [-0.3, -0.25) is 4.90 Å². The Labute approximate surface area is 91.0 Å². The fraction of sp³-hybridized carbons (Fsp3) is 0.909. The molecule has 1 N–H and O–H groups in total. The molecule has 2 fully saturated rings. The van der Waals surface area contributed by atoms with Gasteiger partial charge in [0.1, 0.15) is 0 Å². The minimum atomic E-state index is -0.296. The highest BCUT2D eigenvalue weighted by Gasteiger charge is 2.29. The summed E-state index contributed by atoms with van der Waals surface area (Å²) in [6, 6.07) is 1.07. The SMILES string of the molecule is COC(=O)NC1CCCN(C2CCC2)C1. The molecular weight excluding hydrogens is 192 g/mol. The number of hydrogen-bond donors (Lipinski definition) is 1. The predicted octanol–water partition coefficient (Wildman–Crippen LogP) is 1.36. The molecule has 1 atom stereocenters. The molecular formula is C11H20N2O2. The summed E-state index contributed by atoms with van der Waals surface area (Å²) in [6.07, 6.45) is 6.02. The third-order valence-corrected chi connectivity index (χ3v) is 3.55. The Morgan fingerprint density at radius 1 is 1.33 bits per heavy atom. The van der Waals surface area contributed by atoms with Crippen LogP contribution in [0, 0.1) is 0 Å². The molecule has 1 aliphatic heterocycles. The highest BCUT2D eigenvalue weighted by Crippen LogP contribution is 2.27. The van der Waals surface area contributed by atoms with Crippen molar-refractivity contribution in [3.8, 4) is 0 Å². The molecule has 0 spiro atoms. The van der Waals surface area contributed by atoms with Crippen molar-refractivity contribution in [2.75, 3.05) is 20.2 Å².